The molecule has 1 rings (SSSR count). The first-order valence-electron chi connectivity index (χ1n) is 5.82. The van der Waals surface area contributed by atoms with Crippen molar-refractivity contribution in [3.63, 3.8) is 0 Å². The second-order valence-electron chi connectivity index (χ2n) is 4.17. The van der Waals surface area contributed by atoms with Crippen LogP contribution < -0.4 is 5.32 Å². The van der Waals surface area contributed by atoms with E-state index in [1.165, 1.54) is 36.9 Å². The summed E-state index contributed by atoms with van der Waals surface area (Å²) in [6.45, 7) is 1.20. The van der Waals surface area contributed by atoms with E-state index in [0.717, 1.165) is 0 Å². The Bertz CT molecular complexity index is 575. The summed E-state index contributed by atoms with van der Waals surface area (Å²) >= 11 is 1.28. The predicted octanol–water partition coefficient (Wildman–Crippen LogP) is 0.881. The molecule has 0 aromatic heterocycles. The third kappa shape index (κ3) is 4.17. The molecular weight excluding hydrogens is 300 g/mol. The van der Waals surface area contributed by atoms with E-state index in [2.05, 4.69) is 5.32 Å². The number of aliphatic hydroxyl groups excluding tert-OH is 1. The maximum Gasteiger partial charge on any atom is 0.328 e. The van der Waals surface area contributed by atoms with Crippen molar-refractivity contribution in [1.82, 2.24) is 5.32 Å². The van der Waals surface area contributed by atoms with Crippen molar-refractivity contribution in [2.24, 2.45) is 0 Å². The summed E-state index contributed by atoms with van der Waals surface area (Å²) in [5.74, 6) is -2.35. The van der Waals surface area contributed by atoms with Crippen LogP contribution in [0.15, 0.2) is 23.1 Å². The molecule has 1 amide bonds. The predicted molar refractivity (Wildman–Crippen MR) is 75.4 cm³/mol. The van der Waals surface area contributed by atoms with Crippen LogP contribution in [0.2, 0.25) is 0 Å². The van der Waals surface area contributed by atoms with Gasteiger partial charge in [-0.2, -0.15) is 0 Å². The van der Waals surface area contributed by atoms with Gasteiger partial charge < -0.3 is 15.5 Å². The number of carboxylic acids is 1. The normalized spacial score (nSPS) is 13.3. The summed E-state index contributed by atoms with van der Waals surface area (Å²) in [7, 11) is 0. The quantitative estimate of drug-likeness (QED) is 0.403. The number of aliphatic carboxylic acids is 1. The number of nitro benzene ring substituents is 1. The minimum atomic E-state index is -1.55. The van der Waals surface area contributed by atoms with E-state index in [1.807, 2.05) is 0 Å². The average Bonchev–Trinajstić information content (AvgIpc) is 2.42. The van der Waals surface area contributed by atoms with Gasteiger partial charge in [0, 0.05) is 11.0 Å². The summed E-state index contributed by atoms with van der Waals surface area (Å²) in [6.07, 6.45) is 0.396. The Morgan fingerprint density at radius 1 is 1.43 bits per heavy atom. The number of nitrogens with zero attached hydrogens (tertiary/aromatic N) is 1. The van der Waals surface area contributed by atoms with Crippen molar-refractivity contribution in [3.8, 4) is 0 Å². The van der Waals surface area contributed by atoms with Crippen LogP contribution in [0, 0.1) is 10.1 Å². The van der Waals surface area contributed by atoms with E-state index in [1.54, 1.807) is 6.26 Å². The van der Waals surface area contributed by atoms with Crippen LogP contribution in [0.1, 0.15) is 17.3 Å². The fraction of sp³-hybridized carbons (Fsp3) is 0.333. The van der Waals surface area contributed by atoms with Gasteiger partial charge in [-0.25, -0.2) is 4.79 Å². The SMILES string of the molecule is CSc1ccc([N+](=O)[O-])c(C(=O)NC(C(=O)O)C(C)O)c1. The van der Waals surface area contributed by atoms with Crippen LogP contribution >= 0.6 is 11.8 Å². The van der Waals surface area contributed by atoms with Crippen molar-refractivity contribution >= 4 is 29.3 Å². The van der Waals surface area contributed by atoms with Crippen LogP contribution in [0.25, 0.3) is 0 Å². The lowest BCUT2D eigenvalue weighted by Gasteiger charge is -2.17. The van der Waals surface area contributed by atoms with Crippen LogP contribution in [-0.4, -0.2) is 45.4 Å². The third-order valence-electron chi connectivity index (χ3n) is 2.68. The average molecular weight is 314 g/mol. The number of nitrogens with one attached hydrogen (secondary N) is 1. The number of hydrogen-bond donors (Lipinski definition) is 3. The maximum absolute atomic E-state index is 12.1. The first-order valence-corrected chi connectivity index (χ1v) is 7.04. The van der Waals surface area contributed by atoms with Gasteiger partial charge in [0.25, 0.3) is 11.6 Å². The van der Waals surface area contributed by atoms with E-state index in [9.17, 15) is 24.8 Å². The van der Waals surface area contributed by atoms with Crippen molar-refractivity contribution in [3.05, 3.63) is 33.9 Å². The second-order valence-corrected chi connectivity index (χ2v) is 5.05. The smallest absolute Gasteiger partial charge is 0.328 e. The van der Waals surface area contributed by atoms with Gasteiger partial charge in [0.15, 0.2) is 6.04 Å². The second kappa shape index (κ2) is 7.04. The molecule has 0 aliphatic carbocycles. The van der Waals surface area contributed by atoms with Crippen LogP contribution in [0.4, 0.5) is 5.69 Å². The number of hydrogen-bond acceptors (Lipinski definition) is 6. The molecule has 114 valence electrons. The first kappa shape index (κ1) is 16.9. The molecule has 21 heavy (non-hydrogen) atoms. The summed E-state index contributed by atoms with van der Waals surface area (Å²) in [5.41, 5.74) is -0.682. The number of rotatable bonds is 6. The molecule has 3 N–H and O–H groups in total. The minimum absolute atomic E-state index is 0.251. The van der Waals surface area contributed by atoms with E-state index in [4.69, 9.17) is 5.11 Å². The molecule has 0 aliphatic rings. The molecule has 0 radical (unpaired) electrons. The fourth-order valence-corrected chi connectivity index (χ4v) is 2.03. The lowest BCUT2D eigenvalue weighted by Crippen LogP contribution is -2.47. The van der Waals surface area contributed by atoms with Crippen molar-refractivity contribution in [2.75, 3.05) is 6.26 Å². The molecule has 0 saturated heterocycles. The van der Waals surface area contributed by atoms with Gasteiger partial charge in [-0.1, -0.05) is 0 Å². The molecule has 1 aromatic carbocycles. The highest BCUT2D eigenvalue weighted by molar-refractivity contribution is 7.98. The van der Waals surface area contributed by atoms with Crippen LogP contribution in [-0.2, 0) is 4.79 Å². The lowest BCUT2D eigenvalue weighted by atomic mass is 10.1. The Kier molecular flexibility index (Phi) is 5.68. The molecule has 0 aliphatic heterocycles. The Balaban J connectivity index is 3.16. The molecule has 0 spiro atoms. The van der Waals surface area contributed by atoms with Crippen LogP contribution in [0.5, 0.6) is 0 Å². The van der Waals surface area contributed by atoms with E-state index in [0.29, 0.717) is 4.90 Å². The molecule has 0 saturated carbocycles. The summed E-state index contributed by atoms with van der Waals surface area (Å²) in [6, 6.07) is 2.43. The largest absolute Gasteiger partial charge is 0.480 e. The summed E-state index contributed by atoms with van der Waals surface area (Å²) in [4.78, 5) is 33.8. The van der Waals surface area contributed by atoms with Gasteiger partial charge in [-0.3, -0.25) is 14.9 Å². The Morgan fingerprint density at radius 2 is 2.05 bits per heavy atom. The van der Waals surface area contributed by atoms with Gasteiger partial charge in [0.1, 0.15) is 5.56 Å². The van der Waals surface area contributed by atoms with Gasteiger partial charge >= 0.3 is 5.97 Å². The number of nitro groups is 1. The number of carboxylic acid groups (broad SMARTS) is 1. The number of carbonyl (C=O) groups is 2. The molecular formula is C12H14N2O6S. The third-order valence-corrected chi connectivity index (χ3v) is 3.41. The zero-order valence-corrected chi connectivity index (χ0v) is 12.1. The monoisotopic (exact) mass is 314 g/mol. The van der Waals surface area contributed by atoms with Gasteiger partial charge in [0.05, 0.1) is 11.0 Å². The highest BCUT2D eigenvalue weighted by atomic mass is 32.2. The van der Waals surface area contributed by atoms with Crippen molar-refractivity contribution in [1.29, 1.82) is 0 Å². The van der Waals surface area contributed by atoms with Crippen molar-refractivity contribution in [2.45, 2.75) is 24.0 Å². The molecule has 0 fully saturated rings. The zero-order valence-electron chi connectivity index (χ0n) is 11.3. The zero-order chi connectivity index (χ0) is 16.2. The van der Waals surface area contributed by atoms with Crippen LogP contribution in [0.3, 0.4) is 0 Å². The number of amides is 1. The van der Waals surface area contributed by atoms with E-state index >= 15 is 0 Å². The molecule has 1 aromatic rings. The molecule has 0 bridgehead atoms. The lowest BCUT2D eigenvalue weighted by molar-refractivity contribution is -0.385. The molecule has 9 heteroatoms. The number of thioether (sulfide) groups is 1. The topological polar surface area (TPSA) is 130 Å². The minimum Gasteiger partial charge on any atom is -0.480 e. The summed E-state index contributed by atoms with van der Waals surface area (Å²) in [5, 5.41) is 31.2. The molecule has 0 heterocycles. The molecule has 2 atom stereocenters. The number of carbonyl (C=O) groups excluding carboxylic acids is 1. The Morgan fingerprint density at radius 3 is 2.48 bits per heavy atom. The Labute approximate surface area is 124 Å². The fourth-order valence-electron chi connectivity index (χ4n) is 1.59. The highest BCUT2D eigenvalue weighted by Crippen LogP contribution is 2.24. The van der Waals surface area contributed by atoms with E-state index < -0.39 is 34.6 Å². The summed E-state index contributed by atoms with van der Waals surface area (Å²) < 4.78 is 0. The molecule has 8 nitrogen and oxygen atoms in total. The standard InChI is InChI=1S/C12H14N2O6S/c1-6(15)10(12(17)18)13-11(16)8-5-7(21-2)3-4-9(8)14(19)20/h3-6,10,15H,1-2H3,(H,13,16)(H,17,18). The number of aliphatic hydroxyl groups is 1. The number of benzene rings is 1. The van der Waals surface area contributed by atoms with Gasteiger partial charge in [-0.05, 0) is 25.3 Å². The van der Waals surface area contributed by atoms with E-state index in [-0.39, 0.29) is 5.56 Å². The van der Waals surface area contributed by atoms with Gasteiger partial charge in [0.2, 0.25) is 0 Å². The van der Waals surface area contributed by atoms with Gasteiger partial charge in [-0.15, -0.1) is 11.8 Å². The highest BCUT2D eigenvalue weighted by Gasteiger charge is 2.28. The Hall–Kier alpha value is -2.13. The maximum atomic E-state index is 12.1. The van der Waals surface area contributed by atoms with Crippen molar-refractivity contribution < 1.29 is 24.7 Å². The first-order chi connectivity index (χ1) is 9.77. The molecule has 2 unspecified atom stereocenters.